The summed E-state index contributed by atoms with van der Waals surface area (Å²) >= 11 is 1.54. The minimum atomic E-state index is -0.342. The zero-order valence-corrected chi connectivity index (χ0v) is 9.01. The summed E-state index contributed by atoms with van der Waals surface area (Å²) in [5.74, 6) is -0.342. The van der Waals surface area contributed by atoms with E-state index in [0.717, 1.165) is 15.6 Å². The van der Waals surface area contributed by atoms with Crippen LogP contribution in [0.15, 0.2) is 18.3 Å². The van der Waals surface area contributed by atoms with Crippen LogP contribution in [0, 0.1) is 12.7 Å². The third-order valence-corrected chi connectivity index (χ3v) is 2.98. The molecule has 0 saturated carbocycles. The lowest BCUT2D eigenvalue weighted by Crippen LogP contribution is -1.95. The summed E-state index contributed by atoms with van der Waals surface area (Å²) in [7, 11) is 0. The third kappa shape index (κ3) is 2.03. The van der Waals surface area contributed by atoms with Crippen LogP contribution in [-0.2, 0) is 6.54 Å². The van der Waals surface area contributed by atoms with E-state index >= 15 is 0 Å². The summed E-state index contributed by atoms with van der Waals surface area (Å²) in [6.45, 7) is 2.38. The minimum absolute atomic E-state index is 0.342. The largest absolute Gasteiger partial charge is 0.325 e. The molecule has 0 fully saturated rings. The molecular formula is C10H10FN3S. The predicted molar refractivity (Wildman–Crippen MR) is 57.9 cm³/mol. The second-order valence-electron chi connectivity index (χ2n) is 3.08. The summed E-state index contributed by atoms with van der Waals surface area (Å²) in [5.41, 5.74) is 6.98. The van der Waals surface area contributed by atoms with E-state index in [2.05, 4.69) is 9.97 Å². The maximum absolute atomic E-state index is 12.7. The molecule has 0 aliphatic carbocycles. The van der Waals surface area contributed by atoms with E-state index in [1.165, 1.54) is 12.3 Å². The van der Waals surface area contributed by atoms with Crippen molar-refractivity contribution in [3.63, 3.8) is 0 Å². The lowest BCUT2D eigenvalue weighted by Gasteiger charge is -1.96. The lowest BCUT2D eigenvalue weighted by atomic mass is 10.2. The summed E-state index contributed by atoms with van der Waals surface area (Å²) < 4.78 is 12.7. The first-order valence-corrected chi connectivity index (χ1v) is 5.30. The quantitative estimate of drug-likeness (QED) is 0.848. The van der Waals surface area contributed by atoms with Gasteiger partial charge < -0.3 is 5.73 Å². The molecule has 0 radical (unpaired) electrons. The van der Waals surface area contributed by atoms with Crippen LogP contribution >= 0.6 is 11.3 Å². The van der Waals surface area contributed by atoms with E-state index in [4.69, 9.17) is 5.73 Å². The van der Waals surface area contributed by atoms with Crippen LogP contribution in [0.5, 0.6) is 0 Å². The van der Waals surface area contributed by atoms with Crippen molar-refractivity contribution in [1.29, 1.82) is 0 Å². The Morgan fingerprint density at radius 2 is 2.27 bits per heavy atom. The third-order valence-electron chi connectivity index (χ3n) is 1.99. The Morgan fingerprint density at radius 3 is 2.80 bits per heavy atom. The Balaban J connectivity index is 2.44. The number of rotatable bonds is 2. The molecule has 0 unspecified atom stereocenters. The number of pyridine rings is 1. The Hall–Kier alpha value is -1.33. The Bertz CT molecular complexity index is 464. The van der Waals surface area contributed by atoms with E-state index in [1.54, 1.807) is 17.4 Å². The second kappa shape index (κ2) is 4.04. The molecule has 2 heterocycles. The molecule has 0 bridgehead atoms. The van der Waals surface area contributed by atoms with Crippen molar-refractivity contribution in [2.75, 3.05) is 0 Å². The zero-order valence-electron chi connectivity index (χ0n) is 8.20. The maximum Gasteiger partial charge on any atom is 0.141 e. The van der Waals surface area contributed by atoms with Crippen molar-refractivity contribution in [3.8, 4) is 11.4 Å². The van der Waals surface area contributed by atoms with Crippen molar-refractivity contribution >= 4 is 11.3 Å². The monoisotopic (exact) mass is 223 g/mol. The molecule has 2 aromatic heterocycles. The van der Waals surface area contributed by atoms with Crippen LogP contribution in [-0.4, -0.2) is 9.97 Å². The molecule has 0 saturated heterocycles. The van der Waals surface area contributed by atoms with Gasteiger partial charge in [-0.15, -0.1) is 11.3 Å². The number of aromatic nitrogens is 2. The van der Waals surface area contributed by atoms with E-state index in [9.17, 15) is 4.39 Å². The van der Waals surface area contributed by atoms with Gasteiger partial charge >= 0.3 is 0 Å². The molecule has 78 valence electrons. The van der Waals surface area contributed by atoms with Gasteiger partial charge in [-0.3, -0.25) is 4.98 Å². The molecule has 0 aliphatic heterocycles. The number of aryl methyl sites for hydroxylation is 1. The SMILES string of the molecule is Cc1sc(CN)nc1-c1ccc(F)cn1. The summed E-state index contributed by atoms with van der Waals surface area (Å²) in [6.07, 6.45) is 1.19. The molecule has 3 nitrogen and oxygen atoms in total. The average Bonchev–Trinajstić information content (AvgIpc) is 2.61. The van der Waals surface area contributed by atoms with Gasteiger partial charge in [-0.2, -0.15) is 0 Å². The van der Waals surface area contributed by atoms with E-state index in [-0.39, 0.29) is 5.82 Å². The topological polar surface area (TPSA) is 51.8 Å². The van der Waals surface area contributed by atoms with Crippen LogP contribution in [0.4, 0.5) is 4.39 Å². The van der Waals surface area contributed by atoms with Gasteiger partial charge in [0, 0.05) is 11.4 Å². The van der Waals surface area contributed by atoms with Crippen molar-refractivity contribution < 1.29 is 4.39 Å². The molecule has 5 heteroatoms. The number of hydrogen-bond donors (Lipinski definition) is 1. The van der Waals surface area contributed by atoms with Gasteiger partial charge in [0.25, 0.3) is 0 Å². The van der Waals surface area contributed by atoms with Crippen molar-refractivity contribution in [2.45, 2.75) is 13.5 Å². The normalized spacial score (nSPS) is 10.6. The summed E-state index contributed by atoms with van der Waals surface area (Å²) in [4.78, 5) is 9.37. The molecule has 2 N–H and O–H groups in total. The van der Waals surface area contributed by atoms with E-state index in [1.807, 2.05) is 6.92 Å². The molecular weight excluding hydrogens is 213 g/mol. The lowest BCUT2D eigenvalue weighted by molar-refractivity contribution is 0.622. The van der Waals surface area contributed by atoms with Gasteiger partial charge in [-0.25, -0.2) is 9.37 Å². The van der Waals surface area contributed by atoms with E-state index < -0.39 is 0 Å². The molecule has 0 aromatic carbocycles. The minimum Gasteiger partial charge on any atom is -0.325 e. The predicted octanol–water partition coefficient (Wildman–Crippen LogP) is 2.11. The molecule has 15 heavy (non-hydrogen) atoms. The highest BCUT2D eigenvalue weighted by atomic mass is 32.1. The highest BCUT2D eigenvalue weighted by Gasteiger charge is 2.09. The van der Waals surface area contributed by atoms with Crippen molar-refractivity contribution in [1.82, 2.24) is 9.97 Å². The molecule has 0 amide bonds. The van der Waals surface area contributed by atoms with Gasteiger partial charge in [-0.1, -0.05) is 0 Å². The van der Waals surface area contributed by atoms with Gasteiger partial charge in [0.1, 0.15) is 16.5 Å². The average molecular weight is 223 g/mol. The Kier molecular flexibility index (Phi) is 2.75. The van der Waals surface area contributed by atoms with E-state index in [0.29, 0.717) is 12.2 Å². The molecule has 0 spiro atoms. The standard InChI is InChI=1S/C10H10FN3S/c1-6-10(14-9(4-12)15-6)8-3-2-7(11)5-13-8/h2-3,5H,4,12H2,1H3. The van der Waals surface area contributed by atoms with Gasteiger partial charge in [0.15, 0.2) is 0 Å². The van der Waals surface area contributed by atoms with Gasteiger partial charge in [-0.05, 0) is 19.1 Å². The van der Waals surface area contributed by atoms with Crippen LogP contribution in [0.25, 0.3) is 11.4 Å². The fraction of sp³-hybridized carbons (Fsp3) is 0.200. The van der Waals surface area contributed by atoms with Crippen LogP contribution in [0.3, 0.4) is 0 Å². The van der Waals surface area contributed by atoms with Crippen LogP contribution < -0.4 is 5.73 Å². The second-order valence-corrected chi connectivity index (χ2v) is 4.37. The van der Waals surface area contributed by atoms with Crippen LogP contribution in [0.1, 0.15) is 9.88 Å². The van der Waals surface area contributed by atoms with Gasteiger partial charge in [0.2, 0.25) is 0 Å². The molecule has 2 rings (SSSR count). The summed E-state index contributed by atoms with van der Waals surface area (Å²) in [5, 5.41) is 0.869. The summed E-state index contributed by atoms with van der Waals surface area (Å²) in [6, 6.07) is 3.00. The highest BCUT2D eigenvalue weighted by Crippen LogP contribution is 2.25. The number of halogens is 1. The maximum atomic E-state index is 12.7. The first-order chi connectivity index (χ1) is 7.20. The first kappa shape index (κ1) is 10.2. The fourth-order valence-corrected chi connectivity index (χ4v) is 2.11. The zero-order chi connectivity index (χ0) is 10.8. The number of nitrogens with two attached hydrogens (primary N) is 1. The smallest absolute Gasteiger partial charge is 0.141 e. The van der Waals surface area contributed by atoms with Crippen molar-refractivity contribution in [2.24, 2.45) is 5.73 Å². The fourth-order valence-electron chi connectivity index (χ4n) is 1.29. The highest BCUT2D eigenvalue weighted by molar-refractivity contribution is 7.12. The van der Waals surface area contributed by atoms with Gasteiger partial charge in [0.05, 0.1) is 11.9 Å². The Morgan fingerprint density at radius 1 is 1.47 bits per heavy atom. The Labute approximate surface area is 90.8 Å². The number of nitrogens with zero attached hydrogens (tertiary/aromatic N) is 2. The molecule has 0 aliphatic rings. The number of thiazole rings is 1. The number of hydrogen-bond acceptors (Lipinski definition) is 4. The molecule has 0 atom stereocenters. The van der Waals surface area contributed by atoms with Crippen molar-refractivity contribution in [3.05, 3.63) is 34.0 Å². The van der Waals surface area contributed by atoms with Crippen LogP contribution in [0.2, 0.25) is 0 Å². The molecule has 2 aromatic rings. The first-order valence-electron chi connectivity index (χ1n) is 4.49.